The van der Waals surface area contributed by atoms with Crippen LogP contribution < -0.4 is 0 Å². The van der Waals surface area contributed by atoms with E-state index in [1.54, 1.807) is 0 Å². The zero-order valence-electron chi connectivity index (χ0n) is 9.98. The van der Waals surface area contributed by atoms with Gasteiger partial charge in [0.15, 0.2) is 0 Å². The lowest BCUT2D eigenvalue weighted by molar-refractivity contribution is 0.313. The van der Waals surface area contributed by atoms with Crippen LogP contribution in [0.4, 0.5) is 0 Å². The zero-order chi connectivity index (χ0) is 11.5. The molecule has 1 fully saturated rings. The third-order valence-corrected chi connectivity index (χ3v) is 3.71. The van der Waals surface area contributed by atoms with Crippen molar-refractivity contribution in [3.63, 3.8) is 0 Å². The summed E-state index contributed by atoms with van der Waals surface area (Å²) in [6.07, 6.45) is 3.31. The number of nitrogens with zero attached hydrogens (tertiary/aromatic N) is 1. The third-order valence-electron chi connectivity index (χ3n) is 3.71. The SMILES string of the molecule is Cc1ccccc1CC1CCC(C)C1=NO. The second-order valence-electron chi connectivity index (χ2n) is 4.83. The minimum absolute atomic E-state index is 0.432. The van der Waals surface area contributed by atoms with E-state index < -0.39 is 0 Å². The van der Waals surface area contributed by atoms with Crippen molar-refractivity contribution in [2.45, 2.75) is 33.1 Å². The van der Waals surface area contributed by atoms with Gasteiger partial charge in [-0.1, -0.05) is 36.3 Å². The lowest BCUT2D eigenvalue weighted by Gasteiger charge is -2.13. The van der Waals surface area contributed by atoms with Crippen molar-refractivity contribution in [2.75, 3.05) is 0 Å². The third kappa shape index (κ3) is 2.11. The summed E-state index contributed by atoms with van der Waals surface area (Å²) < 4.78 is 0. The molecule has 1 aromatic carbocycles. The van der Waals surface area contributed by atoms with Gasteiger partial charge in [0.05, 0.1) is 5.71 Å². The number of benzene rings is 1. The molecule has 1 aliphatic rings. The quantitative estimate of drug-likeness (QED) is 0.597. The summed E-state index contributed by atoms with van der Waals surface area (Å²) in [7, 11) is 0. The second-order valence-corrected chi connectivity index (χ2v) is 4.83. The summed E-state index contributed by atoms with van der Waals surface area (Å²) in [6.45, 7) is 4.29. The van der Waals surface area contributed by atoms with E-state index in [4.69, 9.17) is 5.21 Å². The van der Waals surface area contributed by atoms with E-state index in [1.165, 1.54) is 11.1 Å². The van der Waals surface area contributed by atoms with Crippen LogP contribution in [0.5, 0.6) is 0 Å². The predicted octanol–water partition coefficient (Wildman–Crippen LogP) is 3.41. The molecule has 1 saturated carbocycles. The minimum Gasteiger partial charge on any atom is -0.411 e. The maximum atomic E-state index is 9.04. The molecule has 0 radical (unpaired) electrons. The van der Waals surface area contributed by atoms with Crippen LogP contribution in [-0.4, -0.2) is 10.9 Å². The van der Waals surface area contributed by atoms with Crippen molar-refractivity contribution >= 4 is 5.71 Å². The van der Waals surface area contributed by atoms with E-state index in [0.29, 0.717) is 11.8 Å². The highest BCUT2D eigenvalue weighted by Gasteiger charge is 2.29. The number of hydrogen-bond donors (Lipinski definition) is 1. The first-order valence-electron chi connectivity index (χ1n) is 5.98. The molecule has 16 heavy (non-hydrogen) atoms. The molecular weight excluding hydrogens is 198 g/mol. The maximum Gasteiger partial charge on any atom is 0.0633 e. The average molecular weight is 217 g/mol. The van der Waals surface area contributed by atoms with Gasteiger partial charge in [-0.15, -0.1) is 0 Å². The van der Waals surface area contributed by atoms with Gasteiger partial charge in [0, 0.05) is 5.92 Å². The Labute approximate surface area is 97.0 Å². The molecule has 0 aliphatic heterocycles. The molecule has 2 unspecified atom stereocenters. The monoisotopic (exact) mass is 217 g/mol. The first-order chi connectivity index (χ1) is 7.72. The highest BCUT2D eigenvalue weighted by Crippen LogP contribution is 2.31. The molecule has 0 aromatic heterocycles. The highest BCUT2D eigenvalue weighted by atomic mass is 16.4. The molecule has 1 aromatic rings. The molecule has 0 bridgehead atoms. The van der Waals surface area contributed by atoms with Gasteiger partial charge in [-0.25, -0.2) is 0 Å². The molecule has 0 spiro atoms. The van der Waals surface area contributed by atoms with E-state index in [2.05, 4.69) is 43.3 Å². The van der Waals surface area contributed by atoms with Crippen molar-refractivity contribution in [3.8, 4) is 0 Å². The van der Waals surface area contributed by atoms with Gasteiger partial charge < -0.3 is 5.21 Å². The number of aryl methyl sites for hydroxylation is 1. The molecule has 1 N–H and O–H groups in total. The normalized spacial score (nSPS) is 27.5. The Bertz CT molecular complexity index is 397. The molecule has 1 aliphatic carbocycles. The molecule has 2 nitrogen and oxygen atoms in total. The summed E-state index contributed by atoms with van der Waals surface area (Å²) in [5.74, 6) is 0.875. The Hall–Kier alpha value is -1.31. The molecule has 0 heterocycles. The fourth-order valence-electron chi connectivity index (χ4n) is 2.64. The van der Waals surface area contributed by atoms with Crippen LogP contribution in [0.15, 0.2) is 29.4 Å². The van der Waals surface area contributed by atoms with Crippen LogP contribution in [0.3, 0.4) is 0 Å². The second kappa shape index (κ2) is 4.69. The Morgan fingerprint density at radius 2 is 2.06 bits per heavy atom. The van der Waals surface area contributed by atoms with Crippen molar-refractivity contribution in [2.24, 2.45) is 17.0 Å². The van der Waals surface area contributed by atoms with Crippen LogP contribution in [0, 0.1) is 18.8 Å². The van der Waals surface area contributed by atoms with Crippen molar-refractivity contribution < 1.29 is 5.21 Å². The fraction of sp³-hybridized carbons (Fsp3) is 0.500. The zero-order valence-corrected chi connectivity index (χ0v) is 9.98. The van der Waals surface area contributed by atoms with Gasteiger partial charge in [-0.2, -0.15) is 0 Å². The largest absolute Gasteiger partial charge is 0.411 e. The van der Waals surface area contributed by atoms with Gasteiger partial charge in [0.1, 0.15) is 0 Å². The smallest absolute Gasteiger partial charge is 0.0633 e. The Morgan fingerprint density at radius 1 is 1.31 bits per heavy atom. The standard InChI is InChI=1S/C14H19NO/c1-10-5-3-4-6-12(10)9-13-8-7-11(2)14(13)15-16/h3-6,11,13,16H,7-9H2,1-2H3. The fourth-order valence-corrected chi connectivity index (χ4v) is 2.64. The van der Waals surface area contributed by atoms with Gasteiger partial charge in [-0.3, -0.25) is 0 Å². The highest BCUT2D eigenvalue weighted by molar-refractivity contribution is 5.90. The van der Waals surface area contributed by atoms with Gasteiger partial charge in [0.25, 0.3) is 0 Å². The van der Waals surface area contributed by atoms with Crippen molar-refractivity contribution in [3.05, 3.63) is 35.4 Å². The summed E-state index contributed by atoms with van der Waals surface area (Å²) >= 11 is 0. The van der Waals surface area contributed by atoms with Crippen molar-refractivity contribution in [1.82, 2.24) is 0 Å². The predicted molar refractivity (Wildman–Crippen MR) is 66.0 cm³/mol. The average Bonchev–Trinajstić information content (AvgIpc) is 2.63. The minimum atomic E-state index is 0.432. The maximum absolute atomic E-state index is 9.04. The summed E-state index contributed by atoms with van der Waals surface area (Å²) in [6, 6.07) is 8.46. The Kier molecular flexibility index (Phi) is 3.28. The first kappa shape index (κ1) is 11.2. The Balaban J connectivity index is 2.14. The Morgan fingerprint density at radius 3 is 2.75 bits per heavy atom. The van der Waals surface area contributed by atoms with Gasteiger partial charge in [-0.05, 0) is 43.2 Å². The summed E-state index contributed by atoms with van der Waals surface area (Å²) in [5, 5.41) is 12.5. The number of hydrogen-bond acceptors (Lipinski definition) is 2. The molecule has 86 valence electrons. The van der Waals surface area contributed by atoms with Crippen LogP contribution in [0.1, 0.15) is 30.9 Å². The van der Waals surface area contributed by atoms with Crippen LogP contribution in [-0.2, 0) is 6.42 Å². The number of oxime groups is 1. The van der Waals surface area contributed by atoms with Crippen LogP contribution in [0.25, 0.3) is 0 Å². The van der Waals surface area contributed by atoms with Crippen LogP contribution >= 0.6 is 0 Å². The topological polar surface area (TPSA) is 32.6 Å². The lowest BCUT2D eigenvalue weighted by atomic mass is 9.93. The summed E-state index contributed by atoms with van der Waals surface area (Å²) in [4.78, 5) is 0. The molecule has 2 atom stereocenters. The summed E-state index contributed by atoms with van der Waals surface area (Å²) in [5.41, 5.74) is 3.70. The van der Waals surface area contributed by atoms with Gasteiger partial charge in [0.2, 0.25) is 0 Å². The van der Waals surface area contributed by atoms with E-state index >= 15 is 0 Å². The lowest BCUT2D eigenvalue weighted by Crippen LogP contribution is -2.15. The van der Waals surface area contributed by atoms with E-state index in [1.807, 2.05) is 0 Å². The van der Waals surface area contributed by atoms with Crippen molar-refractivity contribution in [1.29, 1.82) is 0 Å². The molecular formula is C14H19NO. The van der Waals surface area contributed by atoms with Crippen LogP contribution in [0.2, 0.25) is 0 Å². The molecule has 0 saturated heterocycles. The first-order valence-corrected chi connectivity index (χ1v) is 5.98. The van der Waals surface area contributed by atoms with E-state index in [9.17, 15) is 0 Å². The molecule has 2 rings (SSSR count). The van der Waals surface area contributed by atoms with E-state index in [0.717, 1.165) is 25.0 Å². The van der Waals surface area contributed by atoms with Gasteiger partial charge >= 0.3 is 0 Å². The van der Waals surface area contributed by atoms with E-state index in [-0.39, 0.29) is 0 Å². The molecule has 0 amide bonds. The molecule has 2 heteroatoms. The number of rotatable bonds is 2.